The number of ether oxygens (including phenoxy) is 1. The summed E-state index contributed by atoms with van der Waals surface area (Å²) in [6.07, 6.45) is 0.622. The molecule has 0 aliphatic heterocycles. The van der Waals surface area contributed by atoms with E-state index in [1.807, 2.05) is 6.92 Å². The van der Waals surface area contributed by atoms with Crippen molar-refractivity contribution in [2.45, 2.75) is 13.3 Å². The van der Waals surface area contributed by atoms with Crippen molar-refractivity contribution in [3.05, 3.63) is 53.5 Å². The number of nitrogens with one attached hydrogen (secondary N) is 1. The third-order valence-corrected chi connectivity index (χ3v) is 2.78. The van der Waals surface area contributed by atoms with Crippen molar-refractivity contribution in [1.82, 2.24) is 15.5 Å². The molecule has 0 bridgehead atoms. The smallest absolute Gasteiger partial charge is 0.271 e. The number of nitrogens with zero attached hydrogens (tertiary/aromatic N) is 2. The number of aromatic nitrogens is 2. The molecule has 1 amide bonds. The van der Waals surface area contributed by atoms with Crippen LogP contribution in [0.5, 0.6) is 5.88 Å². The Morgan fingerprint density at radius 3 is 2.57 bits per heavy atom. The maximum absolute atomic E-state index is 12.8. The summed E-state index contributed by atoms with van der Waals surface area (Å²) in [5.74, 6) is -0.180. The summed E-state index contributed by atoms with van der Waals surface area (Å²) in [5.41, 5.74) is 1.19. The number of halogens is 1. The molecule has 1 aromatic heterocycles. The largest absolute Gasteiger partial charge is 0.477 e. The molecule has 0 aliphatic rings. The Hall–Kier alpha value is -2.50. The van der Waals surface area contributed by atoms with Crippen LogP contribution in [-0.4, -0.2) is 29.3 Å². The van der Waals surface area contributed by atoms with Crippen molar-refractivity contribution in [3.63, 3.8) is 0 Å². The van der Waals surface area contributed by atoms with Gasteiger partial charge in [0.05, 0.1) is 6.61 Å². The minimum atomic E-state index is -0.298. The van der Waals surface area contributed by atoms with Crippen molar-refractivity contribution < 1.29 is 13.9 Å². The van der Waals surface area contributed by atoms with E-state index in [0.717, 1.165) is 5.56 Å². The van der Waals surface area contributed by atoms with Crippen LogP contribution in [0.15, 0.2) is 36.4 Å². The van der Waals surface area contributed by atoms with E-state index < -0.39 is 0 Å². The lowest BCUT2D eigenvalue weighted by Crippen LogP contribution is -2.26. The average molecular weight is 289 g/mol. The summed E-state index contributed by atoms with van der Waals surface area (Å²) in [6.45, 7) is 2.79. The molecule has 0 spiro atoms. The summed E-state index contributed by atoms with van der Waals surface area (Å²) < 4.78 is 17.9. The van der Waals surface area contributed by atoms with Gasteiger partial charge in [-0.25, -0.2) is 4.39 Å². The van der Waals surface area contributed by atoms with E-state index in [-0.39, 0.29) is 17.4 Å². The van der Waals surface area contributed by atoms with Crippen molar-refractivity contribution >= 4 is 5.91 Å². The molecule has 2 aromatic rings. The maximum Gasteiger partial charge on any atom is 0.271 e. The molecule has 6 heteroatoms. The first-order chi connectivity index (χ1) is 10.2. The van der Waals surface area contributed by atoms with E-state index in [4.69, 9.17) is 4.74 Å². The zero-order chi connectivity index (χ0) is 15.1. The number of hydrogen-bond acceptors (Lipinski definition) is 4. The number of benzene rings is 1. The molecular formula is C15H16FN3O2. The van der Waals surface area contributed by atoms with Crippen LogP contribution in [0.3, 0.4) is 0 Å². The van der Waals surface area contributed by atoms with Gasteiger partial charge >= 0.3 is 0 Å². The minimum Gasteiger partial charge on any atom is -0.477 e. The summed E-state index contributed by atoms with van der Waals surface area (Å²) in [6, 6.07) is 9.34. The van der Waals surface area contributed by atoms with E-state index in [2.05, 4.69) is 15.5 Å². The minimum absolute atomic E-state index is 0.234. The molecule has 0 unspecified atom stereocenters. The fraction of sp³-hybridized carbons (Fsp3) is 0.267. The Kier molecular flexibility index (Phi) is 5.20. The fourth-order valence-corrected chi connectivity index (χ4v) is 1.73. The number of carbonyl (C=O) groups excluding carboxylic acids is 1. The summed E-state index contributed by atoms with van der Waals surface area (Å²) >= 11 is 0. The maximum atomic E-state index is 12.8. The van der Waals surface area contributed by atoms with Gasteiger partial charge in [-0.3, -0.25) is 4.79 Å². The van der Waals surface area contributed by atoms with Gasteiger partial charge in [-0.2, -0.15) is 0 Å². The van der Waals surface area contributed by atoms with Gasteiger partial charge in [-0.1, -0.05) is 12.1 Å². The lowest BCUT2D eigenvalue weighted by Gasteiger charge is -2.05. The van der Waals surface area contributed by atoms with E-state index in [0.29, 0.717) is 25.5 Å². The van der Waals surface area contributed by atoms with Gasteiger partial charge in [0.1, 0.15) is 5.82 Å². The third kappa shape index (κ3) is 4.52. The van der Waals surface area contributed by atoms with Crippen LogP contribution >= 0.6 is 0 Å². The Labute approximate surface area is 122 Å². The predicted molar refractivity (Wildman–Crippen MR) is 75.6 cm³/mol. The second-order valence-corrected chi connectivity index (χ2v) is 4.32. The van der Waals surface area contributed by atoms with Crippen molar-refractivity contribution in [2.24, 2.45) is 0 Å². The first-order valence-electron chi connectivity index (χ1n) is 6.68. The summed E-state index contributed by atoms with van der Waals surface area (Å²) in [7, 11) is 0. The number of hydrogen-bond donors (Lipinski definition) is 1. The van der Waals surface area contributed by atoms with Crippen LogP contribution in [0.1, 0.15) is 23.0 Å². The van der Waals surface area contributed by atoms with Gasteiger partial charge in [0.2, 0.25) is 5.88 Å². The van der Waals surface area contributed by atoms with Crippen molar-refractivity contribution in [2.75, 3.05) is 13.2 Å². The van der Waals surface area contributed by atoms with Crippen LogP contribution in [0.4, 0.5) is 4.39 Å². The molecule has 1 N–H and O–H groups in total. The highest BCUT2D eigenvalue weighted by molar-refractivity contribution is 5.92. The van der Waals surface area contributed by atoms with Crippen LogP contribution in [0, 0.1) is 5.82 Å². The molecular weight excluding hydrogens is 273 g/mol. The van der Waals surface area contributed by atoms with Gasteiger partial charge in [0.25, 0.3) is 5.91 Å². The van der Waals surface area contributed by atoms with Crippen LogP contribution in [0.2, 0.25) is 0 Å². The first kappa shape index (κ1) is 14.9. The highest BCUT2D eigenvalue weighted by Gasteiger charge is 2.07. The molecule has 1 heterocycles. The fourth-order valence-electron chi connectivity index (χ4n) is 1.73. The molecule has 0 atom stereocenters. The predicted octanol–water partition coefficient (Wildman–Crippen LogP) is 1.99. The molecule has 5 nitrogen and oxygen atoms in total. The molecule has 0 saturated carbocycles. The Morgan fingerprint density at radius 2 is 1.95 bits per heavy atom. The van der Waals surface area contributed by atoms with Crippen LogP contribution < -0.4 is 10.1 Å². The molecule has 0 radical (unpaired) electrons. The highest BCUT2D eigenvalue weighted by atomic mass is 19.1. The first-order valence-corrected chi connectivity index (χ1v) is 6.68. The second-order valence-electron chi connectivity index (χ2n) is 4.32. The molecule has 0 aliphatic carbocycles. The van der Waals surface area contributed by atoms with Gasteiger partial charge in [0, 0.05) is 12.6 Å². The molecule has 0 saturated heterocycles. The van der Waals surface area contributed by atoms with Gasteiger partial charge < -0.3 is 10.1 Å². The lowest BCUT2D eigenvalue weighted by molar-refractivity contribution is 0.0948. The molecule has 2 rings (SSSR count). The number of rotatable bonds is 6. The zero-order valence-electron chi connectivity index (χ0n) is 11.7. The quantitative estimate of drug-likeness (QED) is 0.883. The zero-order valence-corrected chi connectivity index (χ0v) is 11.7. The third-order valence-electron chi connectivity index (χ3n) is 2.78. The topological polar surface area (TPSA) is 64.1 Å². The average Bonchev–Trinajstić information content (AvgIpc) is 2.50. The van der Waals surface area contributed by atoms with Crippen molar-refractivity contribution in [3.8, 4) is 5.88 Å². The second kappa shape index (κ2) is 7.33. The number of amides is 1. The van der Waals surface area contributed by atoms with Gasteiger partial charge in [0.15, 0.2) is 5.69 Å². The monoisotopic (exact) mass is 289 g/mol. The summed E-state index contributed by atoms with van der Waals surface area (Å²) in [5, 5.41) is 10.3. The highest BCUT2D eigenvalue weighted by Crippen LogP contribution is 2.05. The number of carbonyl (C=O) groups is 1. The van der Waals surface area contributed by atoms with Crippen LogP contribution in [0.25, 0.3) is 0 Å². The van der Waals surface area contributed by atoms with E-state index in [1.165, 1.54) is 12.1 Å². The SMILES string of the molecule is CCOc1ccc(C(=O)NCCc2ccc(F)cc2)nn1. The lowest BCUT2D eigenvalue weighted by atomic mass is 10.1. The molecule has 0 fully saturated rings. The summed E-state index contributed by atoms with van der Waals surface area (Å²) in [4.78, 5) is 11.8. The van der Waals surface area contributed by atoms with E-state index in [9.17, 15) is 9.18 Å². The van der Waals surface area contributed by atoms with E-state index in [1.54, 1.807) is 24.3 Å². The van der Waals surface area contributed by atoms with Gasteiger partial charge in [-0.05, 0) is 37.1 Å². The molecule has 110 valence electrons. The molecule has 1 aromatic carbocycles. The molecule has 21 heavy (non-hydrogen) atoms. The standard InChI is InChI=1S/C15H16FN3O2/c1-2-21-14-8-7-13(18-19-14)15(20)17-10-9-11-3-5-12(16)6-4-11/h3-8H,2,9-10H2,1H3,(H,17,20). The Morgan fingerprint density at radius 1 is 1.19 bits per heavy atom. The van der Waals surface area contributed by atoms with Gasteiger partial charge in [-0.15, -0.1) is 10.2 Å². The Bertz CT molecular complexity index is 585. The van der Waals surface area contributed by atoms with Crippen LogP contribution in [-0.2, 0) is 6.42 Å². The van der Waals surface area contributed by atoms with Crippen molar-refractivity contribution in [1.29, 1.82) is 0 Å². The Balaban J connectivity index is 1.82. The normalized spacial score (nSPS) is 10.2. The van der Waals surface area contributed by atoms with E-state index >= 15 is 0 Å².